The van der Waals surface area contributed by atoms with Gasteiger partial charge in [0.25, 0.3) is 5.91 Å². The van der Waals surface area contributed by atoms with Crippen molar-refractivity contribution in [2.45, 2.75) is 13.8 Å². The van der Waals surface area contributed by atoms with Gasteiger partial charge in [0, 0.05) is 15.5 Å². The molecule has 1 heterocycles. The van der Waals surface area contributed by atoms with E-state index >= 15 is 0 Å². The molecule has 0 atom stereocenters. The molecule has 0 saturated carbocycles. The van der Waals surface area contributed by atoms with Gasteiger partial charge in [-0.2, -0.15) is 0 Å². The molecule has 2 aromatic carbocycles. The van der Waals surface area contributed by atoms with Crippen LogP contribution in [0, 0.1) is 13.8 Å². The van der Waals surface area contributed by atoms with Gasteiger partial charge in [0.1, 0.15) is 0 Å². The molecule has 0 aliphatic carbocycles. The van der Waals surface area contributed by atoms with Crippen LogP contribution in [0.4, 0.5) is 5.69 Å². The van der Waals surface area contributed by atoms with Gasteiger partial charge in [-0.25, -0.2) is 0 Å². The zero-order chi connectivity index (χ0) is 15.7. The Hall–Kier alpha value is -2.20. The predicted molar refractivity (Wildman–Crippen MR) is 93.3 cm³/mol. The van der Waals surface area contributed by atoms with Gasteiger partial charge in [-0.3, -0.25) is 9.78 Å². The van der Waals surface area contributed by atoms with Crippen molar-refractivity contribution in [2.75, 3.05) is 5.32 Å². The summed E-state index contributed by atoms with van der Waals surface area (Å²) in [5, 5.41) is 3.94. The van der Waals surface area contributed by atoms with Crippen LogP contribution in [0.15, 0.2) is 53.0 Å². The Bertz CT molecular complexity index is 857. The van der Waals surface area contributed by atoms with Crippen LogP contribution in [0.2, 0.25) is 0 Å². The fourth-order valence-corrected chi connectivity index (χ4v) is 2.86. The predicted octanol–water partition coefficient (Wildman–Crippen LogP) is 4.87. The first-order chi connectivity index (χ1) is 10.6. The number of hydrogen-bond donors (Lipinski definition) is 1. The number of pyridine rings is 1. The highest BCUT2D eigenvalue weighted by molar-refractivity contribution is 9.10. The number of fused-ring (bicyclic) bond motifs is 1. The van der Waals surface area contributed by atoms with Crippen LogP contribution in [0.3, 0.4) is 0 Å². The smallest absolute Gasteiger partial charge is 0.257 e. The number of para-hydroxylation sites is 1. The molecule has 110 valence electrons. The molecule has 0 aliphatic heterocycles. The third kappa shape index (κ3) is 2.74. The number of nitrogens with one attached hydrogen (secondary N) is 1. The van der Waals surface area contributed by atoms with E-state index in [4.69, 9.17) is 0 Å². The Morgan fingerprint density at radius 2 is 1.73 bits per heavy atom. The second-order valence-electron chi connectivity index (χ2n) is 5.18. The Morgan fingerprint density at radius 1 is 1.05 bits per heavy atom. The molecule has 1 aromatic heterocycles. The van der Waals surface area contributed by atoms with Crippen molar-refractivity contribution >= 4 is 38.4 Å². The normalized spacial score (nSPS) is 10.7. The van der Waals surface area contributed by atoms with Crippen LogP contribution in [0.25, 0.3) is 10.9 Å². The first kappa shape index (κ1) is 14.7. The van der Waals surface area contributed by atoms with E-state index in [0.29, 0.717) is 5.56 Å². The van der Waals surface area contributed by atoms with Crippen molar-refractivity contribution in [3.05, 3.63) is 69.8 Å². The van der Waals surface area contributed by atoms with E-state index in [1.807, 2.05) is 62.4 Å². The molecule has 4 heteroatoms. The second-order valence-corrected chi connectivity index (χ2v) is 6.09. The van der Waals surface area contributed by atoms with Gasteiger partial charge in [0.05, 0.1) is 16.8 Å². The van der Waals surface area contributed by atoms with Crippen molar-refractivity contribution in [1.82, 2.24) is 4.98 Å². The third-order valence-electron chi connectivity index (χ3n) is 3.66. The average molecular weight is 355 g/mol. The number of anilines is 1. The molecule has 0 fully saturated rings. The summed E-state index contributed by atoms with van der Waals surface area (Å²) in [6.45, 7) is 3.84. The molecule has 0 saturated heterocycles. The maximum absolute atomic E-state index is 12.6. The highest BCUT2D eigenvalue weighted by atomic mass is 79.9. The molecule has 3 nitrogen and oxygen atoms in total. The molecule has 1 amide bonds. The van der Waals surface area contributed by atoms with Gasteiger partial charge in [-0.05, 0) is 49.7 Å². The van der Waals surface area contributed by atoms with Crippen LogP contribution in [0.5, 0.6) is 0 Å². The summed E-state index contributed by atoms with van der Waals surface area (Å²) in [4.78, 5) is 17.2. The largest absolute Gasteiger partial charge is 0.322 e. The number of halogens is 1. The zero-order valence-corrected chi connectivity index (χ0v) is 13.9. The summed E-state index contributed by atoms with van der Waals surface area (Å²) in [6.07, 6.45) is 0. The van der Waals surface area contributed by atoms with Crippen molar-refractivity contribution < 1.29 is 4.79 Å². The molecule has 0 aliphatic rings. The van der Waals surface area contributed by atoms with Crippen molar-refractivity contribution in [3.63, 3.8) is 0 Å². The standard InChI is InChI=1S/C18H15BrN2O/c1-11-15-5-3-4-6-16(15)20-12(2)17(11)18(22)21-14-9-7-13(19)8-10-14/h3-10H,1-2H3,(H,21,22). The molecule has 0 radical (unpaired) electrons. The summed E-state index contributed by atoms with van der Waals surface area (Å²) >= 11 is 3.38. The van der Waals surface area contributed by atoms with Gasteiger partial charge in [0.15, 0.2) is 0 Å². The lowest BCUT2D eigenvalue weighted by Gasteiger charge is -2.12. The van der Waals surface area contributed by atoms with Gasteiger partial charge in [-0.1, -0.05) is 34.1 Å². The number of carbonyl (C=O) groups is 1. The number of aryl methyl sites for hydroxylation is 2. The summed E-state index contributed by atoms with van der Waals surface area (Å²) in [6, 6.07) is 15.4. The molecule has 1 N–H and O–H groups in total. The van der Waals surface area contributed by atoms with Gasteiger partial charge in [0.2, 0.25) is 0 Å². The van der Waals surface area contributed by atoms with E-state index in [1.54, 1.807) is 0 Å². The first-order valence-corrected chi connectivity index (χ1v) is 7.78. The number of carbonyl (C=O) groups excluding carboxylic acids is 1. The molecule has 3 aromatic rings. The van der Waals surface area contributed by atoms with Gasteiger partial charge >= 0.3 is 0 Å². The number of benzene rings is 2. The number of amides is 1. The Balaban J connectivity index is 2.02. The molecular formula is C18H15BrN2O. The number of nitrogens with zero attached hydrogens (tertiary/aromatic N) is 1. The third-order valence-corrected chi connectivity index (χ3v) is 4.19. The van der Waals surface area contributed by atoms with Crippen LogP contribution in [-0.4, -0.2) is 10.9 Å². The minimum Gasteiger partial charge on any atom is -0.322 e. The summed E-state index contributed by atoms with van der Waals surface area (Å²) in [5.41, 5.74) is 4.02. The number of aromatic nitrogens is 1. The Kier molecular flexibility index (Phi) is 3.94. The maximum atomic E-state index is 12.6. The minimum atomic E-state index is -0.129. The van der Waals surface area contributed by atoms with Crippen LogP contribution < -0.4 is 5.32 Å². The Morgan fingerprint density at radius 3 is 2.45 bits per heavy atom. The maximum Gasteiger partial charge on any atom is 0.257 e. The van der Waals surface area contributed by atoms with Crippen LogP contribution in [0.1, 0.15) is 21.6 Å². The summed E-state index contributed by atoms with van der Waals surface area (Å²) in [7, 11) is 0. The van der Waals surface area contributed by atoms with Gasteiger partial charge in [-0.15, -0.1) is 0 Å². The molecule has 0 spiro atoms. The lowest BCUT2D eigenvalue weighted by molar-refractivity contribution is 0.102. The van der Waals surface area contributed by atoms with E-state index in [1.165, 1.54) is 0 Å². The average Bonchev–Trinajstić information content (AvgIpc) is 2.49. The Labute approximate surface area is 137 Å². The van der Waals surface area contributed by atoms with E-state index in [9.17, 15) is 4.79 Å². The SMILES string of the molecule is Cc1nc2ccccc2c(C)c1C(=O)Nc1ccc(Br)cc1. The fourth-order valence-electron chi connectivity index (χ4n) is 2.59. The lowest BCUT2D eigenvalue weighted by Crippen LogP contribution is -2.16. The molecule has 0 unspecified atom stereocenters. The van der Waals surface area contributed by atoms with E-state index in [-0.39, 0.29) is 5.91 Å². The highest BCUT2D eigenvalue weighted by Crippen LogP contribution is 2.23. The molecule has 0 bridgehead atoms. The second kappa shape index (κ2) is 5.89. The van der Waals surface area contributed by atoms with E-state index in [2.05, 4.69) is 26.2 Å². The zero-order valence-electron chi connectivity index (χ0n) is 12.4. The van der Waals surface area contributed by atoms with Crippen LogP contribution >= 0.6 is 15.9 Å². The highest BCUT2D eigenvalue weighted by Gasteiger charge is 2.16. The topological polar surface area (TPSA) is 42.0 Å². The van der Waals surface area contributed by atoms with Crippen molar-refractivity contribution in [1.29, 1.82) is 0 Å². The quantitative estimate of drug-likeness (QED) is 0.713. The monoisotopic (exact) mass is 354 g/mol. The van der Waals surface area contributed by atoms with Gasteiger partial charge < -0.3 is 5.32 Å². The molecule has 22 heavy (non-hydrogen) atoms. The molecular weight excluding hydrogens is 340 g/mol. The number of hydrogen-bond acceptors (Lipinski definition) is 2. The lowest BCUT2D eigenvalue weighted by atomic mass is 10.0. The summed E-state index contributed by atoms with van der Waals surface area (Å²) < 4.78 is 0.977. The van der Waals surface area contributed by atoms with E-state index < -0.39 is 0 Å². The first-order valence-electron chi connectivity index (χ1n) is 6.99. The fraction of sp³-hybridized carbons (Fsp3) is 0.111. The molecule has 3 rings (SSSR count). The van der Waals surface area contributed by atoms with Crippen molar-refractivity contribution in [2.24, 2.45) is 0 Å². The minimum absolute atomic E-state index is 0.129. The van der Waals surface area contributed by atoms with E-state index in [0.717, 1.165) is 32.3 Å². The van der Waals surface area contributed by atoms with Crippen molar-refractivity contribution in [3.8, 4) is 0 Å². The summed E-state index contributed by atoms with van der Waals surface area (Å²) in [5.74, 6) is -0.129. The van der Waals surface area contributed by atoms with Crippen LogP contribution in [-0.2, 0) is 0 Å². The number of rotatable bonds is 2.